The van der Waals surface area contributed by atoms with E-state index in [1.165, 1.54) is 0 Å². The highest BCUT2D eigenvalue weighted by Crippen LogP contribution is 2.23. The van der Waals surface area contributed by atoms with E-state index in [0.717, 1.165) is 22.3 Å². The molecule has 1 aromatic heterocycles. The maximum Gasteiger partial charge on any atom is 0.257 e. The van der Waals surface area contributed by atoms with Crippen LogP contribution in [0.3, 0.4) is 0 Å². The molecule has 5 nitrogen and oxygen atoms in total. The second-order valence-electron chi connectivity index (χ2n) is 4.39. The Morgan fingerprint density at radius 2 is 1.90 bits per heavy atom. The summed E-state index contributed by atoms with van der Waals surface area (Å²) in [6, 6.07) is 13.0. The number of nitrogens with zero attached hydrogens (tertiary/aromatic N) is 1. The number of hydrogen-bond donors (Lipinski definition) is 3. The van der Waals surface area contributed by atoms with Crippen LogP contribution in [0.4, 0.5) is 11.4 Å². The van der Waals surface area contributed by atoms with Crippen LogP contribution in [0.25, 0.3) is 10.9 Å². The number of rotatable bonds is 3. The first-order valence-corrected chi connectivity index (χ1v) is 6.30. The number of para-hydroxylation sites is 1. The number of amides is 1. The Labute approximate surface area is 116 Å². The quantitative estimate of drug-likeness (QED) is 0.682. The molecule has 0 saturated carbocycles. The Kier molecular flexibility index (Phi) is 3.09. The summed E-state index contributed by atoms with van der Waals surface area (Å²) in [5.74, 6) is -0.149. The average Bonchev–Trinajstić information content (AvgIpc) is 2.96. The fourth-order valence-electron chi connectivity index (χ4n) is 2.17. The van der Waals surface area contributed by atoms with Crippen molar-refractivity contribution in [2.45, 2.75) is 0 Å². The lowest BCUT2D eigenvalue weighted by atomic mass is 10.1. The van der Waals surface area contributed by atoms with Gasteiger partial charge in [-0.2, -0.15) is 5.10 Å². The van der Waals surface area contributed by atoms with Gasteiger partial charge in [0, 0.05) is 18.1 Å². The number of hydrogen-bond acceptors (Lipinski definition) is 3. The second kappa shape index (κ2) is 5.05. The van der Waals surface area contributed by atoms with Crippen molar-refractivity contribution in [3.63, 3.8) is 0 Å². The minimum Gasteiger partial charge on any atom is -0.387 e. The van der Waals surface area contributed by atoms with Crippen LogP contribution in [0.2, 0.25) is 0 Å². The molecule has 0 bridgehead atoms. The Morgan fingerprint density at radius 3 is 2.75 bits per heavy atom. The van der Waals surface area contributed by atoms with E-state index in [1.54, 1.807) is 19.3 Å². The zero-order valence-corrected chi connectivity index (χ0v) is 11.0. The van der Waals surface area contributed by atoms with E-state index in [4.69, 9.17) is 0 Å². The topological polar surface area (TPSA) is 69.8 Å². The summed E-state index contributed by atoms with van der Waals surface area (Å²) >= 11 is 0. The van der Waals surface area contributed by atoms with Gasteiger partial charge < -0.3 is 10.6 Å². The molecule has 100 valence electrons. The van der Waals surface area contributed by atoms with Gasteiger partial charge in [-0.25, -0.2) is 0 Å². The molecule has 0 aliphatic heterocycles. The largest absolute Gasteiger partial charge is 0.387 e. The summed E-state index contributed by atoms with van der Waals surface area (Å²) in [5.41, 5.74) is 3.04. The number of aromatic nitrogens is 2. The van der Waals surface area contributed by atoms with E-state index >= 15 is 0 Å². The van der Waals surface area contributed by atoms with Gasteiger partial charge in [0.05, 0.1) is 23.0 Å². The molecule has 0 unspecified atom stereocenters. The Hall–Kier alpha value is -2.82. The van der Waals surface area contributed by atoms with E-state index in [-0.39, 0.29) is 5.91 Å². The molecular weight excluding hydrogens is 252 g/mol. The van der Waals surface area contributed by atoms with Gasteiger partial charge in [0.25, 0.3) is 5.91 Å². The Bertz CT molecular complexity index is 763. The van der Waals surface area contributed by atoms with Crippen molar-refractivity contribution in [1.29, 1.82) is 0 Å². The molecule has 0 saturated heterocycles. The van der Waals surface area contributed by atoms with E-state index in [9.17, 15) is 4.79 Å². The fraction of sp³-hybridized carbons (Fsp3) is 0.0667. The molecule has 3 rings (SSSR count). The van der Waals surface area contributed by atoms with Gasteiger partial charge in [-0.05, 0) is 24.3 Å². The monoisotopic (exact) mass is 266 g/mol. The molecule has 1 heterocycles. The highest BCUT2D eigenvalue weighted by Gasteiger charge is 2.12. The zero-order valence-electron chi connectivity index (χ0n) is 11.0. The number of nitrogens with one attached hydrogen (secondary N) is 3. The first-order valence-electron chi connectivity index (χ1n) is 6.30. The SMILES string of the molecule is CNc1ccccc1C(=O)Nc1cccc2[nH]ncc12. The normalized spacial score (nSPS) is 10.4. The highest BCUT2D eigenvalue weighted by atomic mass is 16.1. The average molecular weight is 266 g/mol. The minimum atomic E-state index is -0.149. The van der Waals surface area contributed by atoms with E-state index < -0.39 is 0 Å². The summed E-state index contributed by atoms with van der Waals surface area (Å²) < 4.78 is 0. The predicted molar refractivity (Wildman–Crippen MR) is 80.0 cm³/mol. The second-order valence-corrected chi connectivity index (χ2v) is 4.39. The van der Waals surface area contributed by atoms with Crippen molar-refractivity contribution in [2.75, 3.05) is 17.7 Å². The first-order chi connectivity index (χ1) is 9.79. The van der Waals surface area contributed by atoms with Crippen molar-refractivity contribution in [2.24, 2.45) is 0 Å². The van der Waals surface area contributed by atoms with Gasteiger partial charge >= 0.3 is 0 Å². The van der Waals surface area contributed by atoms with Gasteiger partial charge in [0.1, 0.15) is 0 Å². The number of aromatic amines is 1. The lowest BCUT2D eigenvalue weighted by Gasteiger charge is -2.10. The molecule has 0 fully saturated rings. The van der Waals surface area contributed by atoms with Gasteiger partial charge in [0.2, 0.25) is 0 Å². The number of benzene rings is 2. The number of anilines is 2. The zero-order chi connectivity index (χ0) is 13.9. The predicted octanol–water partition coefficient (Wildman–Crippen LogP) is 2.86. The van der Waals surface area contributed by atoms with E-state index in [0.29, 0.717) is 5.56 Å². The third-order valence-electron chi connectivity index (χ3n) is 3.17. The van der Waals surface area contributed by atoms with Crippen LogP contribution >= 0.6 is 0 Å². The molecule has 0 atom stereocenters. The molecule has 2 aromatic carbocycles. The smallest absolute Gasteiger partial charge is 0.257 e. The van der Waals surface area contributed by atoms with Crippen LogP contribution in [0.15, 0.2) is 48.7 Å². The van der Waals surface area contributed by atoms with Crippen molar-refractivity contribution >= 4 is 28.2 Å². The fourth-order valence-corrected chi connectivity index (χ4v) is 2.17. The number of carbonyl (C=O) groups is 1. The van der Waals surface area contributed by atoms with E-state index in [2.05, 4.69) is 20.8 Å². The maximum atomic E-state index is 12.4. The number of fused-ring (bicyclic) bond motifs is 1. The van der Waals surface area contributed by atoms with Crippen molar-refractivity contribution in [1.82, 2.24) is 10.2 Å². The van der Waals surface area contributed by atoms with Crippen LogP contribution in [0.1, 0.15) is 10.4 Å². The van der Waals surface area contributed by atoms with Crippen LogP contribution in [0, 0.1) is 0 Å². The molecule has 0 spiro atoms. The molecule has 0 aliphatic carbocycles. The molecule has 0 radical (unpaired) electrons. The molecule has 3 aromatic rings. The summed E-state index contributed by atoms with van der Waals surface area (Å²) in [6.45, 7) is 0. The van der Waals surface area contributed by atoms with Gasteiger partial charge in [-0.15, -0.1) is 0 Å². The van der Waals surface area contributed by atoms with Crippen LogP contribution in [-0.4, -0.2) is 23.2 Å². The van der Waals surface area contributed by atoms with Gasteiger partial charge in [-0.1, -0.05) is 18.2 Å². The molecule has 20 heavy (non-hydrogen) atoms. The van der Waals surface area contributed by atoms with Crippen LogP contribution in [0.5, 0.6) is 0 Å². The van der Waals surface area contributed by atoms with Crippen molar-refractivity contribution in [3.05, 3.63) is 54.2 Å². The van der Waals surface area contributed by atoms with Crippen molar-refractivity contribution < 1.29 is 4.79 Å². The summed E-state index contributed by atoms with van der Waals surface area (Å²) in [5, 5.41) is 13.7. The van der Waals surface area contributed by atoms with Crippen LogP contribution < -0.4 is 10.6 Å². The van der Waals surface area contributed by atoms with Gasteiger partial charge in [-0.3, -0.25) is 9.89 Å². The number of carbonyl (C=O) groups excluding carboxylic acids is 1. The molecule has 3 N–H and O–H groups in total. The van der Waals surface area contributed by atoms with Gasteiger partial charge in [0.15, 0.2) is 0 Å². The van der Waals surface area contributed by atoms with Crippen molar-refractivity contribution in [3.8, 4) is 0 Å². The lowest BCUT2D eigenvalue weighted by molar-refractivity contribution is 0.102. The molecule has 5 heteroatoms. The first kappa shape index (κ1) is 12.2. The van der Waals surface area contributed by atoms with E-state index in [1.807, 2.05) is 36.4 Å². The Balaban J connectivity index is 1.95. The highest BCUT2D eigenvalue weighted by molar-refractivity contribution is 6.11. The lowest BCUT2D eigenvalue weighted by Crippen LogP contribution is -2.14. The third-order valence-corrected chi connectivity index (χ3v) is 3.17. The third kappa shape index (κ3) is 2.09. The minimum absolute atomic E-state index is 0.149. The van der Waals surface area contributed by atoms with Crippen LogP contribution in [-0.2, 0) is 0 Å². The summed E-state index contributed by atoms with van der Waals surface area (Å²) in [4.78, 5) is 12.4. The Morgan fingerprint density at radius 1 is 1.10 bits per heavy atom. The summed E-state index contributed by atoms with van der Waals surface area (Å²) in [6.07, 6.45) is 1.70. The molecule has 0 aliphatic rings. The molecule has 1 amide bonds. The summed E-state index contributed by atoms with van der Waals surface area (Å²) in [7, 11) is 1.79. The molecular formula is C15H14N4O. The number of H-pyrrole nitrogens is 1. The maximum absolute atomic E-state index is 12.4. The standard InChI is InChI=1S/C15H14N4O/c1-16-12-6-3-2-5-10(12)15(20)18-13-7-4-8-14-11(13)9-17-19-14/h2-9,16H,1H3,(H,17,19)(H,18,20).